The molecule has 1 fully saturated rings. The third-order valence-corrected chi connectivity index (χ3v) is 3.92. The summed E-state index contributed by atoms with van der Waals surface area (Å²) in [6, 6.07) is 5.80. The standard InChI is InChI=1S/C17H27NO2/c1-4-8-19-15-6-5-7-16(17(15)18)20-14-10-12(2)9-13(3)11-14/h5-7,12-14H,4,8-11,18H2,1-3H3. The second-order valence-corrected chi connectivity index (χ2v) is 6.17. The van der Waals surface area contributed by atoms with Crippen molar-refractivity contribution in [3.8, 4) is 11.5 Å². The average molecular weight is 277 g/mol. The van der Waals surface area contributed by atoms with Gasteiger partial charge in [0.15, 0.2) is 0 Å². The summed E-state index contributed by atoms with van der Waals surface area (Å²) < 4.78 is 11.8. The van der Waals surface area contributed by atoms with E-state index in [1.165, 1.54) is 6.42 Å². The van der Waals surface area contributed by atoms with Crippen molar-refractivity contribution in [2.24, 2.45) is 11.8 Å². The van der Waals surface area contributed by atoms with Crippen molar-refractivity contribution in [2.75, 3.05) is 12.3 Å². The Labute approximate surface area is 122 Å². The molecule has 1 aliphatic carbocycles. The van der Waals surface area contributed by atoms with Crippen LogP contribution in [0, 0.1) is 11.8 Å². The van der Waals surface area contributed by atoms with Gasteiger partial charge in [-0.1, -0.05) is 26.8 Å². The molecule has 0 spiro atoms. The number of anilines is 1. The Morgan fingerprint density at radius 2 is 1.75 bits per heavy atom. The molecule has 0 radical (unpaired) electrons. The molecule has 0 aliphatic heterocycles. The van der Waals surface area contributed by atoms with Crippen LogP contribution in [0.5, 0.6) is 11.5 Å². The Hall–Kier alpha value is -1.38. The molecule has 2 rings (SSSR count). The molecule has 1 aromatic carbocycles. The molecular formula is C17H27NO2. The normalized spacial score (nSPS) is 26.2. The second-order valence-electron chi connectivity index (χ2n) is 6.17. The molecule has 20 heavy (non-hydrogen) atoms. The molecule has 0 bridgehead atoms. The van der Waals surface area contributed by atoms with E-state index >= 15 is 0 Å². The van der Waals surface area contributed by atoms with Crippen LogP contribution in [0.2, 0.25) is 0 Å². The highest BCUT2D eigenvalue weighted by molar-refractivity contribution is 5.62. The lowest BCUT2D eigenvalue weighted by molar-refractivity contribution is 0.101. The molecule has 1 aromatic rings. The third-order valence-electron chi connectivity index (χ3n) is 3.92. The van der Waals surface area contributed by atoms with Gasteiger partial charge in [0.25, 0.3) is 0 Å². The molecule has 2 atom stereocenters. The lowest BCUT2D eigenvalue weighted by Crippen LogP contribution is -2.28. The van der Waals surface area contributed by atoms with E-state index in [2.05, 4.69) is 20.8 Å². The fourth-order valence-corrected chi connectivity index (χ4v) is 3.11. The lowest BCUT2D eigenvalue weighted by atomic mass is 9.82. The zero-order chi connectivity index (χ0) is 14.5. The number of para-hydroxylation sites is 1. The number of hydrogen-bond acceptors (Lipinski definition) is 3. The smallest absolute Gasteiger partial charge is 0.146 e. The molecular weight excluding hydrogens is 250 g/mol. The lowest BCUT2D eigenvalue weighted by Gasteiger charge is -2.32. The van der Waals surface area contributed by atoms with E-state index in [0.717, 1.165) is 42.6 Å². The van der Waals surface area contributed by atoms with Crippen molar-refractivity contribution in [3.63, 3.8) is 0 Å². The van der Waals surface area contributed by atoms with Gasteiger partial charge in [-0.05, 0) is 49.7 Å². The number of hydrogen-bond donors (Lipinski definition) is 1. The largest absolute Gasteiger partial charge is 0.491 e. The van der Waals surface area contributed by atoms with E-state index in [4.69, 9.17) is 15.2 Å². The van der Waals surface area contributed by atoms with Crippen molar-refractivity contribution in [3.05, 3.63) is 18.2 Å². The summed E-state index contributed by atoms with van der Waals surface area (Å²) >= 11 is 0. The maximum absolute atomic E-state index is 6.16. The molecule has 0 aromatic heterocycles. The average Bonchev–Trinajstić information content (AvgIpc) is 2.38. The molecule has 2 N–H and O–H groups in total. The third kappa shape index (κ3) is 3.81. The minimum absolute atomic E-state index is 0.275. The predicted octanol–water partition coefficient (Wildman–Crippen LogP) is 4.26. The van der Waals surface area contributed by atoms with Gasteiger partial charge in [-0.25, -0.2) is 0 Å². The predicted molar refractivity (Wildman–Crippen MR) is 83.2 cm³/mol. The first-order valence-corrected chi connectivity index (χ1v) is 7.78. The van der Waals surface area contributed by atoms with Gasteiger partial charge in [0.2, 0.25) is 0 Å². The number of rotatable bonds is 5. The Kier molecular flexibility index (Phi) is 5.16. The van der Waals surface area contributed by atoms with Crippen molar-refractivity contribution >= 4 is 5.69 Å². The van der Waals surface area contributed by atoms with E-state index in [-0.39, 0.29) is 6.10 Å². The fraction of sp³-hybridized carbons (Fsp3) is 0.647. The highest BCUT2D eigenvalue weighted by Gasteiger charge is 2.26. The maximum atomic E-state index is 6.16. The van der Waals surface area contributed by atoms with Crippen LogP contribution in [0.4, 0.5) is 5.69 Å². The summed E-state index contributed by atoms with van der Waals surface area (Å²) in [6.45, 7) is 7.37. The van der Waals surface area contributed by atoms with Gasteiger partial charge in [-0.15, -0.1) is 0 Å². The Bertz CT molecular complexity index is 423. The molecule has 3 heteroatoms. The highest BCUT2D eigenvalue weighted by atomic mass is 16.5. The number of nitrogen functional groups attached to an aromatic ring is 1. The van der Waals surface area contributed by atoms with Crippen LogP contribution >= 0.6 is 0 Å². The summed E-state index contributed by atoms with van der Waals surface area (Å²) in [7, 11) is 0. The van der Waals surface area contributed by atoms with E-state index in [1.54, 1.807) is 0 Å². The van der Waals surface area contributed by atoms with Crippen LogP contribution in [0.1, 0.15) is 46.5 Å². The van der Waals surface area contributed by atoms with Crippen LogP contribution in [0.25, 0.3) is 0 Å². The molecule has 112 valence electrons. The summed E-state index contributed by atoms with van der Waals surface area (Å²) in [5.74, 6) is 2.96. The summed E-state index contributed by atoms with van der Waals surface area (Å²) in [5, 5.41) is 0. The van der Waals surface area contributed by atoms with Crippen molar-refractivity contribution in [1.29, 1.82) is 0 Å². The van der Waals surface area contributed by atoms with Gasteiger partial charge in [-0.2, -0.15) is 0 Å². The summed E-state index contributed by atoms with van der Waals surface area (Å²) in [5.41, 5.74) is 6.79. The number of benzene rings is 1. The zero-order valence-corrected chi connectivity index (χ0v) is 12.9. The summed E-state index contributed by atoms with van der Waals surface area (Å²) in [6.07, 6.45) is 4.78. The quantitative estimate of drug-likeness (QED) is 0.818. The first-order chi connectivity index (χ1) is 9.60. The van der Waals surface area contributed by atoms with E-state index in [9.17, 15) is 0 Å². The van der Waals surface area contributed by atoms with E-state index in [1.807, 2.05) is 18.2 Å². The topological polar surface area (TPSA) is 44.5 Å². The van der Waals surface area contributed by atoms with Crippen molar-refractivity contribution in [1.82, 2.24) is 0 Å². The zero-order valence-electron chi connectivity index (χ0n) is 12.9. The number of ether oxygens (including phenoxy) is 2. The molecule has 0 amide bonds. The summed E-state index contributed by atoms with van der Waals surface area (Å²) in [4.78, 5) is 0. The minimum atomic E-state index is 0.275. The van der Waals surface area contributed by atoms with Crippen molar-refractivity contribution < 1.29 is 9.47 Å². The van der Waals surface area contributed by atoms with Gasteiger partial charge in [0.1, 0.15) is 17.2 Å². The molecule has 3 nitrogen and oxygen atoms in total. The monoisotopic (exact) mass is 277 g/mol. The Morgan fingerprint density at radius 3 is 2.40 bits per heavy atom. The molecule has 0 saturated heterocycles. The molecule has 0 heterocycles. The van der Waals surface area contributed by atoms with Crippen LogP contribution in [0.3, 0.4) is 0 Å². The Balaban J connectivity index is 2.05. The Morgan fingerprint density at radius 1 is 1.10 bits per heavy atom. The van der Waals surface area contributed by atoms with E-state index in [0.29, 0.717) is 12.3 Å². The minimum Gasteiger partial charge on any atom is -0.491 e. The van der Waals surface area contributed by atoms with Crippen LogP contribution < -0.4 is 15.2 Å². The van der Waals surface area contributed by atoms with Gasteiger partial charge >= 0.3 is 0 Å². The highest BCUT2D eigenvalue weighted by Crippen LogP contribution is 2.36. The van der Waals surface area contributed by atoms with E-state index < -0.39 is 0 Å². The van der Waals surface area contributed by atoms with Gasteiger partial charge in [0, 0.05) is 0 Å². The SMILES string of the molecule is CCCOc1cccc(OC2CC(C)CC(C)C2)c1N. The maximum Gasteiger partial charge on any atom is 0.146 e. The van der Waals surface area contributed by atoms with Crippen LogP contribution in [-0.4, -0.2) is 12.7 Å². The van der Waals surface area contributed by atoms with Crippen LogP contribution in [-0.2, 0) is 0 Å². The molecule has 2 unspecified atom stereocenters. The molecule has 1 saturated carbocycles. The number of nitrogens with two attached hydrogens (primary N) is 1. The first kappa shape index (κ1) is 15.0. The van der Waals surface area contributed by atoms with Gasteiger partial charge < -0.3 is 15.2 Å². The first-order valence-electron chi connectivity index (χ1n) is 7.78. The molecule has 1 aliphatic rings. The van der Waals surface area contributed by atoms with Crippen LogP contribution in [0.15, 0.2) is 18.2 Å². The van der Waals surface area contributed by atoms with Gasteiger partial charge in [0.05, 0.1) is 12.7 Å². The second kappa shape index (κ2) is 6.87. The fourth-order valence-electron chi connectivity index (χ4n) is 3.11. The van der Waals surface area contributed by atoms with Gasteiger partial charge in [-0.3, -0.25) is 0 Å². The van der Waals surface area contributed by atoms with Crippen molar-refractivity contribution in [2.45, 2.75) is 52.6 Å².